The van der Waals surface area contributed by atoms with Gasteiger partial charge in [-0.3, -0.25) is 9.59 Å². The second-order valence-electron chi connectivity index (χ2n) is 7.17. The Morgan fingerprint density at radius 1 is 1.03 bits per heavy atom. The monoisotopic (exact) mass is 535 g/mol. The van der Waals surface area contributed by atoms with Gasteiger partial charge >= 0.3 is 0 Å². The van der Waals surface area contributed by atoms with Gasteiger partial charge in [0, 0.05) is 43.2 Å². The van der Waals surface area contributed by atoms with Gasteiger partial charge in [-0.25, -0.2) is 4.99 Å². The van der Waals surface area contributed by atoms with Crippen LogP contribution >= 0.6 is 24.0 Å². The van der Waals surface area contributed by atoms with Crippen molar-refractivity contribution in [3.8, 4) is 0 Å². The second-order valence-corrected chi connectivity index (χ2v) is 7.17. The molecule has 1 aliphatic rings. The van der Waals surface area contributed by atoms with Crippen molar-refractivity contribution in [3.63, 3.8) is 0 Å². The molecule has 0 aromatic heterocycles. The van der Waals surface area contributed by atoms with Crippen LogP contribution in [0.25, 0.3) is 0 Å². The number of amides is 2. The van der Waals surface area contributed by atoms with Crippen molar-refractivity contribution in [2.45, 2.75) is 32.7 Å². The molecule has 1 aliphatic heterocycles. The molecule has 1 unspecified atom stereocenters. The maximum Gasteiger partial charge on any atom is 0.251 e. The minimum atomic E-state index is -0.0700. The first-order valence-electron chi connectivity index (χ1n) is 10.4. The first-order valence-corrected chi connectivity index (χ1v) is 10.4. The molecule has 1 heterocycles. The van der Waals surface area contributed by atoms with Crippen LogP contribution in [0.5, 0.6) is 0 Å². The Labute approximate surface area is 200 Å². The second kappa shape index (κ2) is 12.3. The number of hydrogen-bond acceptors (Lipinski definition) is 3. The minimum absolute atomic E-state index is 0. The molecule has 3 rings (SSSR count). The maximum absolute atomic E-state index is 12.0. The van der Waals surface area contributed by atoms with Crippen LogP contribution < -0.4 is 21.3 Å². The Balaban J connectivity index is 0.00000341. The maximum atomic E-state index is 12.0. The Kier molecular flexibility index (Phi) is 9.77. The van der Waals surface area contributed by atoms with Gasteiger partial charge in [0.1, 0.15) is 0 Å². The predicted molar refractivity (Wildman–Crippen MR) is 135 cm³/mol. The number of hydrogen-bond donors (Lipinski definition) is 4. The van der Waals surface area contributed by atoms with Crippen molar-refractivity contribution in [3.05, 3.63) is 65.2 Å². The van der Waals surface area contributed by atoms with Gasteiger partial charge in [-0.1, -0.05) is 30.3 Å². The third-order valence-electron chi connectivity index (χ3n) is 4.94. The lowest BCUT2D eigenvalue weighted by Crippen LogP contribution is -2.40. The summed E-state index contributed by atoms with van der Waals surface area (Å²) in [5, 5.41) is 12.3. The van der Waals surface area contributed by atoms with Crippen LogP contribution in [0.1, 0.15) is 47.7 Å². The zero-order valence-corrected chi connectivity index (χ0v) is 20.2. The van der Waals surface area contributed by atoms with E-state index < -0.39 is 0 Å². The van der Waals surface area contributed by atoms with E-state index in [1.54, 1.807) is 0 Å². The van der Waals surface area contributed by atoms with Gasteiger partial charge in [-0.15, -0.1) is 24.0 Å². The first-order chi connectivity index (χ1) is 14.6. The Bertz CT molecular complexity index is 914. The topological polar surface area (TPSA) is 94.6 Å². The highest BCUT2D eigenvalue weighted by Gasteiger charge is 2.24. The van der Waals surface area contributed by atoms with E-state index in [0.717, 1.165) is 23.4 Å². The average Bonchev–Trinajstić information content (AvgIpc) is 2.76. The number of rotatable bonds is 7. The summed E-state index contributed by atoms with van der Waals surface area (Å²) in [4.78, 5) is 28.5. The molecule has 0 saturated heterocycles. The van der Waals surface area contributed by atoms with Gasteiger partial charge in [0.15, 0.2) is 5.96 Å². The molecular formula is C23H30IN5O2. The van der Waals surface area contributed by atoms with E-state index in [1.807, 2.05) is 56.3 Å². The lowest BCUT2D eigenvalue weighted by atomic mass is 9.90. The Morgan fingerprint density at radius 2 is 1.74 bits per heavy atom. The fourth-order valence-corrected chi connectivity index (χ4v) is 3.44. The van der Waals surface area contributed by atoms with Crippen LogP contribution in [0.4, 0.5) is 5.69 Å². The van der Waals surface area contributed by atoms with E-state index in [1.165, 1.54) is 0 Å². The zero-order valence-electron chi connectivity index (χ0n) is 17.9. The summed E-state index contributed by atoms with van der Waals surface area (Å²) in [5.41, 5.74) is 3.68. The molecule has 7 nitrogen and oxygen atoms in total. The van der Waals surface area contributed by atoms with Gasteiger partial charge < -0.3 is 21.3 Å². The fraction of sp³-hybridized carbons (Fsp3) is 0.348. The molecule has 8 heteroatoms. The lowest BCUT2D eigenvalue weighted by molar-refractivity contribution is -0.116. The van der Waals surface area contributed by atoms with E-state index in [9.17, 15) is 9.59 Å². The molecule has 4 N–H and O–H groups in total. The van der Waals surface area contributed by atoms with Gasteiger partial charge in [-0.2, -0.15) is 0 Å². The zero-order chi connectivity index (χ0) is 21.3. The number of nitrogens with one attached hydrogen (secondary N) is 4. The number of carbonyl (C=O) groups excluding carboxylic acids is 2. The highest BCUT2D eigenvalue weighted by atomic mass is 127. The van der Waals surface area contributed by atoms with E-state index >= 15 is 0 Å². The van der Waals surface area contributed by atoms with Crippen LogP contribution in [0, 0.1) is 0 Å². The Morgan fingerprint density at radius 3 is 2.45 bits per heavy atom. The number of fused-ring (bicyclic) bond motifs is 1. The normalized spacial score (nSPS) is 15.2. The van der Waals surface area contributed by atoms with Crippen molar-refractivity contribution < 1.29 is 9.59 Å². The van der Waals surface area contributed by atoms with Gasteiger partial charge in [0.25, 0.3) is 5.91 Å². The molecule has 0 bridgehead atoms. The molecule has 0 saturated carbocycles. The van der Waals surface area contributed by atoms with Crippen molar-refractivity contribution in [2.75, 3.05) is 25.0 Å². The number of guanidine groups is 1. The summed E-state index contributed by atoms with van der Waals surface area (Å²) in [6.45, 7) is 6.37. The highest BCUT2D eigenvalue weighted by Crippen LogP contribution is 2.31. The van der Waals surface area contributed by atoms with Crippen LogP contribution in [0.3, 0.4) is 0 Å². The summed E-state index contributed by atoms with van der Waals surface area (Å²) >= 11 is 0. The number of anilines is 1. The number of aliphatic imine (C=N–C) groups is 1. The average molecular weight is 535 g/mol. The number of benzene rings is 2. The lowest BCUT2D eigenvalue weighted by Gasteiger charge is -2.26. The van der Waals surface area contributed by atoms with Crippen molar-refractivity contribution in [2.24, 2.45) is 4.99 Å². The number of nitrogens with zero attached hydrogens (tertiary/aromatic N) is 1. The summed E-state index contributed by atoms with van der Waals surface area (Å²) in [7, 11) is 0. The fourth-order valence-electron chi connectivity index (χ4n) is 3.44. The molecule has 2 aromatic carbocycles. The molecule has 0 spiro atoms. The smallest absolute Gasteiger partial charge is 0.251 e. The minimum Gasteiger partial charge on any atom is -0.357 e. The molecule has 166 valence electrons. The van der Waals surface area contributed by atoms with Crippen LogP contribution in [0.15, 0.2) is 53.5 Å². The molecule has 2 amide bonds. The third-order valence-corrected chi connectivity index (χ3v) is 4.94. The van der Waals surface area contributed by atoms with Crippen LogP contribution in [0.2, 0.25) is 0 Å². The SMILES string of the molecule is CCNC(=O)c1ccc(CN=C(NCC)NCC2CC(=O)Nc3ccccc32)cc1.I. The summed E-state index contributed by atoms with van der Waals surface area (Å²) in [5.74, 6) is 0.762. The van der Waals surface area contributed by atoms with Crippen LogP contribution in [-0.2, 0) is 11.3 Å². The predicted octanol–water partition coefficient (Wildman–Crippen LogP) is 3.24. The number of halogens is 1. The van der Waals surface area contributed by atoms with Crippen molar-refractivity contribution in [1.82, 2.24) is 16.0 Å². The van der Waals surface area contributed by atoms with Gasteiger partial charge in [-0.05, 0) is 43.2 Å². The van der Waals surface area contributed by atoms with E-state index in [-0.39, 0.29) is 41.7 Å². The van der Waals surface area contributed by atoms with Crippen LogP contribution in [-0.4, -0.2) is 37.4 Å². The summed E-state index contributed by atoms with van der Waals surface area (Å²) < 4.78 is 0. The van der Waals surface area contributed by atoms with Gasteiger partial charge in [0.2, 0.25) is 5.91 Å². The standard InChI is InChI=1S/C23H29N5O2.HI/c1-3-24-22(30)17-11-9-16(10-12-17)14-26-23(25-4-2)27-15-18-13-21(29)28-20-8-6-5-7-19(18)20;/h5-12,18H,3-4,13-15H2,1-2H3,(H,24,30)(H,28,29)(H2,25,26,27);1H. The van der Waals surface area contributed by atoms with Gasteiger partial charge in [0.05, 0.1) is 6.54 Å². The van der Waals surface area contributed by atoms with E-state index in [0.29, 0.717) is 37.6 Å². The molecular weight excluding hydrogens is 505 g/mol. The highest BCUT2D eigenvalue weighted by molar-refractivity contribution is 14.0. The molecule has 0 aliphatic carbocycles. The molecule has 0 radical (unpaired) electrons. The van der Waals surface area contributed by atoms with E-state index in [4.69, 9.17) is 0 Å². The number of carbonyl (C=O) groups is 2. The largest absolute Gasteiger partial charge is 0.357 e. The van der Waals surface area contributed by atoms with E-state index in [2.05, 4.69) is 32.3 Å². The third kappa shape index (κ3) is 6.95. The molecule has 31 heavy (non-hydrogen) atoms. The summed E-state index contributed by atoms with van der Waals surface area (Å²) in [6.07, 6.45) is 0.449. The molecule has 0 fully saturated rings. The quantitative estimate of drug-likeness (QED) is 0.249. The van der Waals surface area contributed by atoms with Crippen molar-refractivity contribution >= 4 is 47.4 Å². The van der Waals surface area contributed by atoms with Crippen molar-refractivity contribution in [1.29, 1.82) is 0 Å². The molecule has 1 atom stereocenters. The first kappa shape index (κ1) is 24.6. The Hall–Kier alpha value is -2.62. The summed E-state index contributed by atoms with van der Waals surface area (Å²) in [6, 6.07) is 15.4. The molecule has 2 aromatic rings. The number of para-hydroxylation sites is 1.